The number of para-hydroxylation sites is 1. The van der Waals surface area contributed by atoms with Crippen LogP contribution in [0.3, 0.4) is 0 Å². The highest BCUT2D eigenvalue weighted by atomic mass is 32.2. The molecule has 0 radical (unpaired) electrons. The average Bonchev–Trinajstić information content (AvgIpc) is 2.72. The van der Waals surface area contributed by atoms with Crippen LogP contribution in [0.4, 0.5) is 11.4 Å². The molecule has 0 aliphatic carbocycles. The Bertz CT molecular complexity index is 1080. The molecule has 10 nitrogen and oxygen atoms in total. The van der Waals surface area contributed by atoms with Crippen molar-refractivity contribution in [2.75, 3.05) is 25.0 Å². The molecular weight excluding hydrogens is 426 g/mol. The van der Waals surface area contributed by atoms with Crippen LogP contribution in [0, 0.1) is 17.0 Å². The third-order valence-electron chi connectivity index (χ3n) is 4.46. The number of hydrogen-bond donors (Lipinski definition) is 1. The fourth-order valence-electron chi connectivity index (χ4n) is 2.89. The maximum absolute atomic E-state index is 12.5. The fraction of sp³-hybridized carbons (Fsp3) is 0.300. The first-order valence-corrected chi connectivity index (χ1v) is 10.9. The first-order valence-electron chi connectivity index (χ1n) is 9.43. The Morgan fingerprint density at radius 3 is 2.26 bits per heavy atom. The number of aryl methyl sites for hydroxylation is 1. The maximum Gasteiger partial charge on any atom is 0.345 e. The number of nitrogens with zero attached hydrogens (tertiary/aromatic N) is 2. The fourth-order valence-corrected chi connectivity index (χ4v) is 4.35. The topological polar surface area (TPSA) is 136 Å². The Kier molecular flexibility index (Phi) is 7.83. The van der Waals surface area contributed by atoms with Crippen LogP contribution in [0.1, 0.15) is 29.8 Å². The summed E-state index contributed by atoms with van der Waals surface area (Å²) in [5, 5.41) is 13.7. The summed E-state index contributed by atoms with van der Waals surface area (Å²) in [5.41, 5.74) is -0.0218. The van der Waals surface area contributed by atoms with Gasteiger partial charge in [-0.05, 0) is 37.3 Å². The minimum Gasteiger partial charge on any atom is -0.452 e. The van der Waals surface area contributed by atoms with Gasteiger partial charge in [-0.25, -0.2) is 13.2 Å². The van der Waals surface area contributed by atoms with E-state index in [-0.39, 0.29) is 16.1 Å². The normalized spacial score (nSPS) is 11.2. The molecule has 1 amide bonds. The number of anilines is 1. The van der Waals surface area contributed by atoms with Crippen LogP contribution in [-0.4, -0.2) is 49.2 Å². The van der Waals surface area contributed by atoms with Gasteiger partial charge in [-0.1, -0.05) is 26.0 Å². The molecule has 0 spiro atoms. The summed E-state index contributed by atoms with van der Waals surface area (Å²) in [6.45, 7) is 4.98. The Hall–Kier alpha value is -3.31. The molecule has 2 aromatic rings. The first kappa shape index (κ1) is 24.0. The molecule has 0 aromatic heterocycles. The van der Waals surface area contributed by atoms with Gasteiger partial charge in [0.1, 0.15) is 5.56 Å². The number of nitro groups is 1. The molecule has 1 N–H and O–H groups in total. The maximum atomic E-state index is 12.5. The molecule has 0 saturated heterocycles. The van der Waals surface area contributed by atoms with E-state index in [1.165, 1.54) is 53.7 Å². The molecule has 0 bridgehead atoms. The smallest absolute Gasteiger partial charge is 0.345 e. The number of benzene rings is 2. The van der Waals surface area contributed by atoms with Gasteiger partial charge in [0.25, 0.3) is 11.6 Å². The molecule has 31 heavy (non-hydrogen) atoms. The van der Waals surface area contributed by atoms with Gasteiger partial charge in [-0.15, -0.1) is 0 Å². The summed E-state index contributed by atoms with van der Waals surface area (Å²) in [6.07, 6.45) is 0. The van der Waals surface area contributed by atoms with Crippen molar-refractivity contribution in [2.45, 2.75) is 25.7 Å². The SMILES string of the molecule is CCN(CC)S(=O)(=O)c1ccc(NC(=O)COC(=O)c2cccc(C)c2[N+](=O)[O-])cc1. The molecule has 0 aliphatic heterocycles. The largest absolute Gasteiger partial charge is 0.452 e. The molecule has 0 aliphatic rings. The monoisotopic (exact) mass is 449 g/mol. The van der Waals surface area contributed by atoms with Crippen molar-refractivity contribution >= 4 is 33.3 Å². The van der Waals surface area contributed by atoms with Gasteiger partial charge in [0.05, 0.1) is 9.82 Å². The van der Waals surface area contributed by atoms with Gasteiger partial charge in [0, 0.05) is 24.3 Å². The van der Waals surface area contributed by atoms with Crippen LogP contribution in [0.5, 0.6) is 0 Å². The van der Waals surface area contributed by atoms with Crippen molar-refractivity contribution in [3.8, 4) is 0 Å². The lowest BCUT2D eigenvalue weighted by atomic mass is 10.1. The van der Waals surface area contributed by atoms with Crippen molar-refractivity contribution in [1.29, 1.82) is 0 Å². The number of ether oxygens (including phenoxy) is 1. The standard InChI is InChI=1S/C20H23N3O7S/c1-4-22(5-2)31(28,29)16-11-9-15(10-12-16)21-18(24)13-30-20(25)17-8-6-7-14(3)19(17)23(26)27/h6-12H,4-5,13H2,1-3H3,(H,21,24). The molecule has 166 valence electrons. The zero-order valence-electron chi connectivity index (χ0n) is 17.3. The molecular formula is C20H23N3O7S. The van der Waals surface area contributed by atoms with Crippen LogP contribution < -0.4 is 5.32 Å². The zero-order chi connectivity index (χ0) is 23.2. The van der Waals surface area contributed by atoms with Crippen molar-refractivity contribution in [1.82, 2.24) is 4.31 Å². The van der Waals surface area contributed by atoms with E-state index in [4.69, 9.17) is 4.74 Å². The van der Waals surface area contributed by atoms with Crippen molar-refractivity contribution in [3.63, 3.8) is 0 Å². The molecule has 0 atom stereocenters. The lowest BCUT2D eigenvalue weighted by Gasteiger charge is -2.18. The Morgan fingerprint density at radius 2 is 1.71 bits per heavy atom. The van der Waals surface area contributed by atoms with Crippen LogP contribution in [0.25, 0.3) is 0 Å². The Labute approximate surface area is 180 Å². The van der Waals surface area contributed by atoms with E-state index in [1.54, 1.807) is 13.8 Å². The van der Waals surface area contributed by atoms with E-state index >= 15 is 0 Å². The summed E-state index contributed by atoms with van der Waals surface area (Å²) < 4.78 is 31.1. The molecule has 0 heterocycles. The summed E-state index contributed by atoms with van der Waals surface area (Å²) >= 11 is 0. The number of amides is 1. The molecule has 0 fully saturated rings. The van der Waals surface area contributed by atoms with Gasteiger partial charge in [-0.2, -0.15) is 4.31 Å². The molecule has 2 aromatic carbocycles. The second-order valence-electron chi connectivity index (χ2n) is 6.47. The minimum atomic E-state index is -3.62. The number of nitro benzene ring substituents is 1. The van der Waals surface area contributed by atoms with Gasteiger partial charge < -0.3 is 10.1 Å². The van der Waals surface area contributed by atoms with Crippen molar-refractivity contribution in [3.05, 3.63) is 63.7 Å². The van der Waals surface area contributed by atoms with Crippen LogP contribution in [-0.2, 0) is 19.6 Å². The quantitative estimate of drug-likeness (QED) is 0.353. The number of sulfonamides is 1. The van der Waals surface area contributed by atoms with Crippen molar-refractivity contribution in [2.24, 2.45) is 0 Å². The highest BCUT2D eigenvalue weighted by Gasteiger charge is 2.24. The molecule has 2 rings (SSSR count). The first-order chi connectivity index (χ1) is 14.6. The number of rotatable bonds is 9. The van der Waals surface area contributed by atoms with E-state index in [0.29, 0.717) is 24.3 Å². The van der Waals surface area contributed by atoms with Gasteiger partial charge in [0.2, 0.25) is 10.0 Å². The lowest BCUT2D eigenvalue weighted by Crippen LogP contribution is -2.30. The number of carbonyl (C=O) groups excluding carboxylic acids is 2. The number of hydrogen-bond acceptors (Lipinski definition) is 7. The summed E-state index contributed by atoms with van der Waals surface area (Å²) in [5.74, 6) is -1.67. The Morgan fingerprint density at radius 1 is 1.10 bits per heavy atom. The molecule has 11 heteroatoms. The number of carbonyl (C=O) groups is 2. The molecule has 0 unspecified atom stereocenters. The van der Waals surface area contributed by atoms with Crippen molar-refractivity contribution < 1.29 is 27.7 Å². The summed E-state index contributed by atoms with van der Waals surface area (Å²) in [7, 11) is -3.62. The predicted octanol–water partition coefficient (Wildman–Crippen LogP) is 2.73. The second kappa shape index (κ2) is 10.1. The van der Waals surface area contributed by atoms with E-state index in [2.05, 4.69) is 5.32 Å². The summed E-state index contributed by atoms with van der Waals surface area (Å²) in [4.78, 5) is 34.8. The van der Waals surface area contributed by atoms with E-state index in [1.807, 2.05) is 0 Å². The molecule has 0 saturated carbocycles. The van der Waals surface area contributed by atoms with E-state index in [9.17, 15) is 28.1 Å². The van der Waals surface area contributed by atoms with Crippen LogP contribution in [0.2, 0.25) is 0 Å². The average molecular weight is 449 g/mol. The predicted molar refractivity (Wildman–Crippen MR) is 113 cm³/mol. The van der Waals surface area contributed by atoms with Gasteiger partial charge in [0.15, 0.2) is 6.61 Å². The van der Waals surface area contributed by atoms with Crippen LogP contribution >= 0.6 is 0 Å². The highest BCUT2D eigenvalue weighted by Crippen LogP contribution is 2.24. The Balaban J connectivity index is 2.02. The number of esters is 1. The highest BCUT2D eigenvalue weighted by molar-refractivity contribution is 7.89. The second-order valence-corrected chi connectivity index (χ2v) is 8.40. The van der Waals surface area contributed by atoms with Gasteiger partial charge >= 0.3 is 5.97 Å². The lowest BCUT2D eigenvalue weighted by molar-refractivity contribution is -0.385. The number of nitrogens with one attached hydrogen (secondary N) is 1. The third kappa shape index (κ3) is 5.64. The minimum absolute atomic E-state index is 0.0902. The van der Waals surface area contributed by atoms with E-state index < -0.39 is 33.4 Å². The zero-order valence-corrected chi connectivity index (χ0v) is 18.1. The third-order valence-corrected chi connectivity index (χ3v) is 6.52. The van der Waals surface area contributed by atoms with Crippen LogP contribution in [0.15, 0.2) is 47.4 Å². The van der Waals surface area contributed by atoms with Gasteiger partial charge in [-0.3, -0.25) is 14.9 Å². The van der Waals surface area contributed by atoms with E-state index in [0.717, 1.165) is 0 Å². The summed E-state index contributed by atoms with van der Waals surface area (Å²) in [6, 6.07) is 9.79.